The molecular formula is C24H22N2O8S. The molecular weight excluding hydrogens is 476 g/mol. The van der Waals surface area contributed by atoms with E-state index in [-0.39, 0.29) is 45.7 Å². The molecule has 10 nitrogen and oxygen atoms in total. The van der Waals surface area contributed by atoms with Gasteiger partial charge in [-0.05, 0) is 38.5 Å². The van der Waals surface area contributed by atoms with Crippen LogP contribution in [-0.4, -0.2) is 45.3 Å². The second-order valence-electron chi connectivity index (χ2n) is 7.16. The summed E-state index contributed by atoms with van der Waals surface area (Å²) in [5.74, 6) is -2.56. The van der Waals surface area contributed by atoms with E-state index < -0.39 is 28.3 Å². The van der Waals surface area contributed by atoms with Crippen molar-refractivity contribution in [3.05, 3.63) is 79.4 Å². The summed E-state index contributed by atoms with van der Waals surface area (Å²) in [5, 5.41) is 32.6. The van der Waals surface area contributed by atoms with Crippen molar-refractivity contribution in [3.8, 4) is 11.5 Å². The Bertz CT molecular complexity index is 1300. The number of ether oxygens (including phenoxy) is 2. The number of hydrogen-bond donors (Lipinski definition) is 2. The monoisotopic (exact) mass is 498 g/mol. The molecule has 3 rings (SSSR count). The van der Waals surface area contributed by atoms with Crippen molar-refractivity contribution in [2.75, 3.05) is 13.2 Å². The SMILES string of the molecule is CCOC(=O)C1=C(O)/C(=C/c2cc([N+](=O)[O-])cc(OCC)c2O)SC1=NC(=O)c1ccccc1C. The molecule has 35 heavy (non-hydrogen) atoms. The summed E-state index contributed by atoms with van der Waals surface area (Å²) in [5.41, 5.74) is 0.292. The standard InChI is InChI=1S/C24H22N2O8S/c1-4-33-17-12-15(26(31)32)10-14(20(17)27)11-18-21(28)19(24(30)34-5-2)23(35-18)25-22(29)16-9-7-6-8-13(16)3/h6-12,27-28H,4-5H2,1-3H3/b18-11-,25-23?. The molecule has 0 aliphatic carbocycles. The van der Waals surface area contributed by atoms with Crippen LogP contribution in [0.4, 0.5) is 5.69 Å². The number of non-ortho nitro benzene ring substituents is 1. The molecule has 0 unspecified atom stereocenters. The fourth-order valence-corrected chi connectivity index (χ4v) is 4.20. The Hall–Kier alpha value is -4.12. The van der Waals surface area contributed by atoms with Gasteiger partial charge in [-0.25, -0.2) is 9.79 Å². The largest absolute Gasteiger partial charge is 0.506 e. The second-order valence-corrected chi connectivity index (χ2v) is 8.19. The first-order valence-corrected chi connectivity index (χ1v) is 11.3. The summed E-state index contributed by atoms with van der Waals surface area (Å²) in [6.45, 7) is 5.13. The molecule has 1 heterocycles. The van der Waals surface area contributed by atoms with E-state index in [4.69, 9.17) is 9.47 Å². The smallest absolute Gasteiger partial charge is 0.344 e. The zero-order chi connectivity index (χ0) is 25.7. The van der Waals surface area contributed by atoms with E-state index in [1.165, 1.54) is 6.08 Å². The summed E-state index contributed by atoms with van der Waals surface area (Å²) < 4.78 is 10.3. The number of hydrogen-bond acceptors (Lipinski definition) is 9. The number of aliphatic hydroxyl groups is 1. The van der Waals surface area contributed by atoms with Crippen LogP contribution in [0, 0.1) is 17.0 Å². The predicted octanol–water partition coefficient (Wildman–Crippen LogP) is 4.71. The number of nitrogens with zero attached hydrogens (tertiary/aromatic N) is 2. The highest BCUT2D eigenvalue weighted by Gasteiger charge is 2.34. The van der Waals surface area contributed by atoms with Crippen LogP contribution in [0.2, 0.25) is 0 Å². The van der Waals surface area contributed by atoms with E-state index in [9.17, 15) is 29.9 Å². The van der Waals surface area contributed by atoms with Gasteiger partial charge in [-0.2, -0.15) is 0 Å². The number of aliphatic imine (C=N–C) groups is 1. The lowest BCUT2D eigenvalue weighted by Gasteiger charge is -2.09. The van der Waals surface area contributed by atoms with E-state index in [2.05, 4.69) is 4.99 Å². The molecule has 2 aromatic carbocycles. The predicted molar refractivity (Wildman–Crippen MR) is 131 cm³/mol. The third-order valence-corrected chi connectivity index (χ3v) is 5.86. The van der Waals surface area contributed by atoms with Crippen molar-refractivity contribution in [3.63, 3.8) is 0 Å². The van der Waals surface area contributed by atoms with Gasteiger partial charge < -0.3 is 19.7 Å². The number of nitro groups is 1. The normalized spacial score (nSPS) is 15.5. The van der Waals surface area contributed by atoms with Gasteiger partial charge in [-0.1, -0.05) is 30.0 Å². The number of aryl methyl sites for hydroxylation is 1. The number of aromatic hydroxyl groups is 1. The third-order valence-electron chi connectivity index (χ3n) is 4.84. The first-order chi connectivity index (χ1) is 16.7. The maximum Gasteiger partial charge on any atom is 0.344 e. The molecule has 1 amide bonds. The Morgan fingerprint density at radius 3 is 2.51 bits per heavy atom. The Kier molecular flexibility index (Phi) is 7.92. The Labute approximate surface area is 204 Å². The average Bonchev–Trinajstić information content (AvgIpc) is 3.11. The number of phenolic OH excluding ortho intramolecular Hbond substituents is 1. The number of nitro benzene ring substituents is 1. The van der Waals surface area contributed by atoms with Gasteiger partial charge in [-0.3, -0.25) is 14.9 Å². The zero-order valence-electron chi connectivity index (χ0n) is 19.1. The van der Waals surface area contributed by atoms with Crippen LogP contribution in [-0.2, 0) is 9.53 Å². The van der Waals surface area contributed by atoms with E-state index >= 15 is 0 Å². The average molecular weight is 499 g/mol. The molecule has 11 heteroatoms. The summed E-state index contributed by atoms with van der Waals surface area (Å²) in [6.07, 6.45) is 1.24. The maximum atomic E-state index is 12.8. The van der Waals surface area contributed by atoms with Crippen LogP contribution in [0.3, 0.4) is 0 Å². The maximum absolute atomic E-state index is 12.8. The molecule has 182 valence electrons. The molecule has 0 spiro atoms. The van der Waals surface area contributed by atoms with Crippen molar-refractivity contribution < 1.29 is 34.2 Å². The lowest BCUT2D eigenvalue weighted by atomic mass is 10.1. The fourth-order valence-electron chi connectivity index (χ4n) is 3.19. The summed E-state index contributed by atoms with van der Waals surface area (Å²) in [6, 6.07) is 8.94. The molecule has 1 aliphatic rings. The van der Waals surface area contributed by atoms with Gasteiger partial charge in [0.15, 0.2) is 11.5 Å². The van der Waals surface area contributed by atoms with Gasteiger partial charge in [0.2, 0.25) is 0 Å². The minimum atomic E-state index is -0.893. The fraction of sp³-hybridized carbons (Fsp3) is 0.208. The van der Waals surface area contributed by atoms with E-state index in [1.54, 1.807) is 45.0 Å². The number of carbonyl (C=O) groups excluding carboxylic acids is 2. The lowest BCUT2D eigenvalue weighted by Crippen LogP contribution is -2.14. The molecule has 0 bridgehead atoms. The van der Waals surface area contributed by atoms with Gasteiger partial charge >= 0.3 is 5.97 Å². The quantitative estimate of drug-likeness (QED) is 0.314. The van der Waals surface area contributed by atoms with Crippen LogP contribution in [0.1, 0.15) is 35.3 Å². The number of amides is 1. The number of benzene rings is 2. The summed E-state index contributed by atoms with van der Waals surface area (Å²) in [4.78, 5) is 40.1. The molecule has 0 fully saturated rings. The summed E-state index contributed by atoms with van der Waals surface area (Å²) >= 11 is 0.790. The van der Waals surface area contributed by atoms with Gasteiger partial charge in [0.25, 0.3) is 11.6 Å². The number of aliphatic hydroxyl groups excluding tert-OH is 1. The van der Waals surface area contributed by atoms with Crippen LogP contribution in [0.25, 0.3) is 6.08 Å². The molecule has 2 aromatic rings. The van der Waals surface area contributed by atoms with Gasteiger partial charge in [0, 0.05) is 17.2 Å². The van der Waals surface area contributed by atoms with Gasteiger partial charge in [-0.15, -0.1) is 0 Å². The zero-order valence-corrected chi connectivity index (χ0v) is 19.9. The van der Waals surface area contributed by atoms with Crippen molar-refractivity contribution in [1.29, 1.82) is 0 Å². The van der Waals surface area contributed by atoms with Crippen LogP contribution in [0.15, 0.2) is 57.6 Å². The van der Waals surface area contributed by atoms with Crippen LogP contribution < -0.4 is 4.74 Å². The molecule has 1 aliphatic heterocycles. The summed E-state index contributed by atoms with van der Waals surface area (Å²) in [7, 11) is 0. The van der Waals surface area contributed by atoms with E-state index in [0.717, 1.165) is 23.9 Å². The third kappa shape index (κ3) is 5.52. The van der Waals surface area contributed by atoms with Crippen molar-refractivity contribution in [2.24, 2.45) is 4.99 Å². The molecule has 0 atom stereocenters. The number of esters is 1. The number of carbonyl (C=O) groups is 2. The van der Waals surface area contributed by atoms with E-state index in [1.807, 2.05) is 0 Å². The van der Waals surface area contributed by atoms with Crippen molar-refractivity contribution in [2.45, 2.75) is 20.8 Å². The van der Waals surface area contributed by atoms with Crippen molar-refractivity contribution >= 4 is 40.4 Å². The van der Waals surface area contributed by atoms with Crippen molar-refractivity contribution in [1.82, 2.24) is 0 Å². The van der Waals surface area contributed by atoms with Gasteiger partial charge in [0.1, 0.15) is 16.4 Å². The topological polar surface area (TPSA) is 149 Å². The van der Waals surface area contributed by atoms with E-state index in [0.29, 0.717) is 11.1 Å². The first-order valence-electron chi connectivity index (χ1n) is 10.5. The molecule has 0 aromatic heterocycles. The Morgan fingerprint density at radius 2 is 1.89 bits per heavy atom. The van der Waals surface area contributed by atoms with Gasteiger partial charge in [0.05, 0.1) is 29.1 Å². The molecule has 0 radical (unpaired) electrons. The number of rotatable bonds is 7. The number of phenols is 1. The Balaban J connectivity index is 2.12. The lowest BCUT2D eigenvalue weighted by molar-refractivity contribution is -0.385. The minimum Gasteiger partial charge on any atom is -0.506 e. The number of thioether (sulfide) groups is 1. The molecule has 0 saturated heterocycles. The highest BCUT2D eigenvalue weighted by Crippen LogP contribution is 2.42. The minimum absolute atomic E-state index is 0.0156. The highest BCUT2D eigenvalue weighted by atomic mass is 32.2. The van der Waals surface area contributed by atoms with Crippen LogP contribution >= 0.6 is 11.8 Å². The highest BCUT2D eigenvalue weighted by molar-refractivity contribution is 8.18. The molecule has 2 N–H and O–H groups in total. The van der Waals surface area contributed by atoms with Crippen LogP contribution in [0.5, 0.6) is 11.5 Å². The first kappa shape index (κ1) is 25.5. The Morgan fingerprint density at radius 1 is 1.17 bits per heavy atom. The molecule has 0 saturated carbocycles. The second kappa shape index (κ2) is 10.9.